The van der Waals surface area contributed by atoms with Crippen LogP contribution in [0.5, 0.6) is 5.75 Å². The summed E-state index contributed by atoms with van der Waals surface area (Å²) in [7, 11) is 0. The van der Waals surface area contributed by atoms with Gasteiger partial charge in [-0.1, -0.05) is 24.3 Å². The Morgan fingerprint density at radius 2 is 1.67 bits per heavy atom. The highest BCUT2D eigenvalue weighted by Gasteiger charge is 2.06. The molecule has 21 heavy (non-hydrogen) atoms. The number of thiocarbonyl (C=S) groups is 1. The van der Waals surface area contributed by atoms with Crippen LogP contribution in [0, 0.1) is 0 Å². The molecule has 0 aliphatic rings. The Labute approximate surface area is 135 Å². The standard InChI is InChI=1S/C16H18N2OS2/c1-3-19-14-10-6-4-8-12(14)17-16(20)18-13-9-5-7-11-15(13)21-2/h4-11H,3H2,1-2H3,(H2,17,18,20). The van der Waals surface area contributed by atoms with Gasteiger partial charge in [-0.25, -0.2) is 0 Å². The van der Waals surface area contributed by atoms with E-state index in [0.717, 1.165) is 22.0 Å². The van der Waals surface area contributed by atoms with Gasteiger partial charge in [0.1, 0.15) is 5.75 Å². The molecule has 0 unspecified atom stereocenters. The lowest BCUT2D eigenvalue weighted by Gasteiger charge is -2.15. The topological polar surface area (TPSA) is 33.3 Å². The van der Waals surface area contributed by atoms with E-state index in [2.05, 4.69) is 16.7 Å². The largest absolute Gasteiger partial charge is 0.492 e. The number of hydrogen-bond donors (Lipinski definition) is 2. The van der Waals surface area contributed by atoms with Gasteiger partial charge in [-0.05, 0) is 49.7 Å². The number of nitrogens with one attached hydrogen (secondary N) is 2. The van der Waals surface area contributed by atoms with Gasteiger partial charge in [0, 0.05) is 4.90 Å². The minimum absolute atomic E-state index is 0.545. The molecule has 2 aromatic rings. The molecule has 0 heterocycles. The molecule has 0 fully saturated rings. The number of rotatable bonds is 5. The van der Waals surface area contributed by atoms with Crippen molar-refractivity contribution in [3.05, 3.63) is 48.5 Å². The number of thioether (sulfide) groups is 1. The van der Waals surface area contributed by atoms with Crippen LogP contribution in [0.1, 0.15) is 6.92 Å². The first-order valence-corrected chi connectivity index (χ1v) is 8.30. The fourth-order valence-electron chi connectivity index (χ4n) is 1.88. The molecule has 5 heteroatoms. The van der Waals surface area contributed by atoms with Crippen molar-refractivity contribution in [1.82, 2.24) is 0 Å². The Morgan fingerprint density at radius 3 is 2.38 bits per heavy atom. The summed E-state index contributed by atoms with van der Waals surface area (Å²) in [6.45, 7) is 2.58. The summed E-state index contributed by atoms with van der Waals surface area (Å²) in [4.78, 5) is 1.15. The van der Waals surface area contributed by atoms with Gasteiger partial charge in [0.05, 0.1) is 18.0 Å². The van der Waals surface area contributed by atoms with Crippen molar-refractivity contribution < 1.29 is 4.74 Å². The van der Waals surface area contributed by atoms with Crippen molar-refractivity contribution in [1.29, 1.82) is 0 Å². The highest BCUT2D eigenvalue weighted by molar-refractivity contribution is 7.98. The number of ether oxygens (including phenoxy) is 1. The quantitative estimate of drug-likeness (QED) is 0.621. The Bertz CT molecular complexity index is 617. The Balaban J connectivity index is 2.08. The van der Waals surface area contributed by atoms with Gasteiger partial charge in [-0.15, -0.1) is 11.8 Å². The third-order valence-electron chi connectivity index (χ3n) is 2.79. The number of benzene rings is 2. The molecule has 2 rings (SSSR count). The summed E-state index contributed by atoms with van der Waals surface area (Å²) < 4.78 is 5.58. The maximum atomic E-state index is 5.58. The summed E-state index contributed by atoms with van der Waals surface area (Å²) in [5.74, 6) is 0.794. The maximum absolute atomic E-state index is 5.58. The normalized spacial score (nSPS) is 10.0. The van der Waals surface area contributed by atoms with Crippen LogP contribution >= 0.6 is 24.0 Å². The highest BCUT2D eigenvalue weighted by Crippen LogP contribution is 2.26. The van der Waals surface area contributed by atoms with Crippen LogP contribution in [-0.2, 0) is 0 Å². The van der Waals surface area contributed by atoms with Crippen LogP contribution in [-0.4, -0.2) is 18.0 Å². The van der Waals surface area contributed by atoms with Crippen molar-refractivity contribution >= 4 is 40.5 Å². The Morgan fingerprint density at radius 1 is 1.05 bits per heavy atom. The zero-order valence-electron chi connectivity index (χ0n) is 12.1. The summed E-state index contributed by atoms with van der Waals surface area (Å²) in [5.41, 5.74) is 1.86. The first kappa shape index (κ1) is 15.7. The zero-order chi connectivity index (χ0) is 15.1. The Kier molecular flexibility index (Phi) is 5.90. The molecule has 2 N–H and O–H groups in total. The van der Waals surface area contributed by atoms with Crippen molar-refractivity contribution in [2.75, 3.05) is 23.5 Å². The lowest BCUT2D eigenvalue weighted by atomic mass is 10.3. The van der Waals surface area contributed by atoms with Crippen LogP contribution in [0.25, 0.3) is 0 Å². The molecule has 0 aliphatic carbocycles. The molecule has 3 nitrogen and oxygen atoms in total. The van der Waals surface area contributed by atoms with E-state index in [0.29, 0.717) is 11.7 Å². The third kappa shape index (κ3) is 4.37. The van der Waals surface area contributed by atoms with Gasteiger partial charge >= 0.3 is 0 Å². The van der Waals surface area contributed by atoms with Crippen LogP contribution in [0.4, 0.5) is 11.4 Å². The average Bonchev–Trinajstić information content (AvgIpc) is 2.50. The third-order valence-corrected chi connectivity index (χ3v) is 3.79. The molecular formula is C16H18N2OS2. The fourth-order valence-corrected chi connectivity index (χ4v) is 2.65. The van der Waals surface area contributed by atoms with Crippen LogP contribution < -0.4 is 15.4 Å². The number of para-hydroxylation sites is 3. The van der Waals surface area contributed by atoms with Crippen molar-refractivity contribution in [3.63, 3.8) is 0 Å². The zero-order valence-corrected chi connectivity index (χ0v) is 13.7. The Hall–Kier alpha value is -1.72. The minimum atomic E-state index is 0.545. The van der Waals surface area contributed by atoms with Gasteiger partial charge < -0.3 is 15.4 Å². The van der Waals surface area contributed by atoms with Crippen LogP contribution in [0.3, 0.4) is 0 Å². The van der Waals surface area contributed by atoms with E-state index in [9.17, 15) is 0 Å². The predicted molar refractivity (Wildman–Crippen MR) is 95.7 cm³/mol. The molecule has 0 spiro atoms. The molecule has 0 bridgehead atoms. The molecule has 0 aromatic heterocycles. The number of hydrogen-bond acceptors (Lipinski definition) is 3. The lowest BCUT2D eigenvalue weighted by Crippen LogP contribution is -2.20. The maximum Gasteiger partial charge on any atom is 0.175 e. The van der Waals surface area contributed by atoms with E-state index in [4.69, 9.17) is 17.0 Å². The average molecular weight is 318 g/mol. The molecule has 0 amide bonds. The predicted octanol–water partition coefficient (Wildman–Crippen LogP) is 4.62. The number of anilines is 2. The van der Waals surface area contributed by atoms with Crippen LogP contribution in [0.15, 0.2) is 53.4 Å². The minimum Gasteiger partial charge on any atom is -0.492 e. The second-order valence-electron chi connectivity index (χ2n) is 4.21. The van der Waals surface area contributed by atoms with Crippen molar-refractivity contribution in [2.45, 2.75) is 11.8 Å². The van der Waals surface area contributed by atoms with Gasteiger partial charge in [0.25, 0.3) is 0 Å². The first-order chi connectivity index (χ1) is 10.2. The second-order valence-corrected chi connectivity index (χ2v) is 5.46. The van der Waals surface area contributed by atoms with E-state index >= 15 is 0 Å². The molecule has 0 saturated heterocycles. The first-order valence-electron chi connectivity index (χ1n) is 6.67. The summed E-state index contributed by atoms with van der Waals surface area (Å²) >= 11 is 7.06. The smallest absolute Gasteiger partial charge is 0.175 e. The van der Waals surface area contributed by atoms with E-state index in [1.807, 2.05) is 55.6 Å². The van der Waals surface area contributed by atoms with E-state index < -0.39 is 0 Å². The van der Waals surface area contributed by atoms with E-state index in [1.165, 1.54) is 0 Å². The molecule has 0 aliphatic heterocycles. The van der Waals surface area contributed by atoms with Gasteiger partial charge in [-0.3, -0.25) is 0 Å². The van der Waals surface area contributed by atoms with E-state index in [-0.39, 0.29) is 0 Å². The molecule has 0 atom stereocenters. The summed E-state index contributed by atoms with van der Waals surface area (Å²) in [5, 5.41) is 6.95. The highest BCUT2D eigenvalue weighted by atomic mass is 32.2. The molecule has 2 aromatic carbocycles. The summed E-state index contributed by atoms with van der Waals surface area (Å²) in [6, 6.07) is 15.8. The van der Waals surface area contributed by atoms with E-state index in [1.54, 1.807) is 11.8 Å². The van der Waals surface area contributed by atoms with Crippen molar-refractivity contribution in [2.24, 2.45) is 0 Å². The monoisotopic (exact) mass is 318 g/mol. The summed E-state index contributed by atoms with van der Waals surface area (Å²) in [6.07, 6.45) is 2.04. The SMILES string of the molecule is CCOc1ccccc1NC(=S)Nc1ccccc1SC. The molecule has 110 valence electrons. The lowest BCUT2D eigenvalue weighted by molar-refractivity contribution is 0.342. The van der Waals surface area contributed by atoms with Crippen molar-refractivity contribution in [3.8, 4) is 5.75 Å². The molecule has 0 saturated carbocycles. The van der Waals surface area contributed by atoms with Gasteiger partial charge in [0.15, 0.2) is 5.11 Å². The molecular weight excluding hydrogens is 300 g/mol. The van der Waals surface area contributed by atoms with Gasteiger partial charge in [0.2, 0.25) is 0 Å². The molecule has 0 radical (unpaired) electrons. The van der Waals surface area contributed by atoms with Gasteiger partial charge in [-0.2, -0.15) is 0 Å². The van der Waals surface area contributed by atoms with Crippen LogP contribution in [0.2, 0.25) is 0 Å². The fraction of sp³-hybridized carbons (Fsp3) is 0.188. The second kappa shape index (κ2) is 7.90.